The predicted octanol–water partition coefficient (Wildman–Crippen LogP) is 2.81. The molecule has 2 fully saturated rings. The van der Waals surface area contributed by atoms with Crippen molar-refractivity contribution in [2.24, 2.45) is 0 Å². The minimum Gasteiger partial charge on any atom is -0.471 e. The van der Waals surface area contributed by atoms with Crippen LogP contribution in [0.5, 0.6) is 5.88 Å². The molecular weight excluding hydrogens is 328 g/mol. The number of hydrogen-bond donors (Lipinski definition) is 1. The Morgan fingerprint density at radius 2 is 1.96 bits per heavy atom. The van der Waals surface area contributed by atoms with Gasteiger partial charge in [0.2, 0.25) is 5.88 Å². The summed E-state index contributed by atoms with van der Waals surface area (Å²) in [6.45, 7) is 4.48. The maximum Gasteiger partial charge on any atom is 0.222 e. The van der Waals surface area contributed by atoms with Gasteiger partial charge in [0.05, 0.1) is 24.8 Å². The van der Waals surface area contributed by atoms with Crippen molar-refractivity contribution in [1.29, 1.82) is 0 Å². The number of nitrogen functional groups attached to an aromatic ring is 1. The molecule has 1 aromatic carbocycles. The van der Waals surface area contributed by atoms with Crippen LogP contribution in [0, 0.1) is 0 Å². The topological polar surface area (TPSA) is 73.5 Å². The molecule has 1 saturated carbocycles. The molecule has 0 bridgehead atoms. The van der Waals surface area contributed by atoms with Gasteiger partial charge in [-0.3, -0.25) is 0 Å². The summed E-state index contributed by atoms with van der Waals surface area (Å²) >= 11 is 0. The van der Waals surface area contributed by atoms with Crippen LogP contribution in [0.3, 0.4) is 0 Å². The van der Waals surface area contributed by atoms with E-state index < -0.39 is 0 Å². The van der Waals surface area contributed by atoms with Gasteiger partial charge in [0, 0.05) is 17.8 Å². The first-order chi connectivity index (χ1) is 12.6. The second-order valence-corrected chi connectivity index (χ2v) is 7.68. The molecule has 1 atom stereocenters. The number of nitrogens with two attached hydrogens (primary N) is 1. The van der Waals surface area contributed by atoms with Gasteiger partial charge in [-0.1, -0.05) is 0 Å². The van der Waals surface area contributed by atoms with Crippen molar-refractivity contribution in [1.82, 2.24) is 9.97 Å². The highest BCUT2D eigenvalue weighted by Crippen LogP contribution is 2.49. The Labute approximate surface area is 153 Å². The molecule has 1 aliphatic carbocycles. The van der Waals surface area contributed by atoms with Crippen LogP contribution in [0.2, 0.25) is 0 Å². The molecule has 6 heteroatoms. The molecule has 2 aliphatic heterocycles. The molecule has 2 N–H and O–H groups in total. The highest BCUT2D eigenvalue weighted by Gasteiger charge is 2.49. The normalized spacial score (nSPS) is 23.4. The number of hydrogen-bond acceptors (Lipinski definition) is 6. The molecule has 26 heavy (non-hydrogen) atoms. The molecule has 2 aromatic rings. The van der Waals surface area contributed by atoms with Gasteiger partial charge in [-0.05, 0) is 56.9 Å². The Hall–Kier alpha value is -2.34. The lowest BCUT2D eigenvalue weighted by Crippen LogP contribution is -2.45. The molecule has 3 heterocycles. The Balaban J connectivity index is 1.62. The van der Waals surface area contributed by atoms with Crippen LogP contribution in [0.4, 0.5) is 11.5 Å². The van der Waals surface area contributed by atoms with Crippen LogP contribution in [0.1, 0.15) is 31.7 Å². The number of ether oxygens (including phenoxy) is 2. The van der Waals surface area contributed by atoms with E-state index in [1.807, 2.05) is 24.3 Å². The molecule has 5 rings (SSSR count). The number of fused-ring (bicyclic) bond motifs is 1. The number of aromatic nitrogens is 2. The third kappa shape index (κ3) is 2.69. The second-order valence-electron chi connectivity index (χ2n) is 7.68. The van der Waals surface area contributed by atoms with Crippen molar-refractivity contribution >= 4 is 11.5 Å². The average Bonchev–Trinajstić information content (AvgIpc) is 3.40. The highest BCUT2D eigenvalue weighted by atomic mass is 16.5. The third-order valence-corrected chi connectivity index (χ3v) is 5.71. The lowest BCUT2D eigenvalue weighted by Gasteiger charge is -2.37. The Morgan fingerprint density at radius 3 is 2.69 bits per heavy atom. The predicted molar refractivity (Wildman–Crippen MR) is 100 cm³/mol. The molecule has 6 nitrogen and oxygen atoms in total. The van der Waals surface area contributed by atoms with E-state index in [1.54, 1.807) is 0 Å². The average molecular weight is 352 g/mol. The van der Waals surface area contributed by atoms with Gasteiger partial charge < -0.3 is 20.1 Å². The van der Waals surface area contributed by atoms with Crippen molar-refractivity contribution < 1.29 is 9.47 Å². The fraction of sp³-hybridized carbons (Fsp3) is 0.500. The van der Waals surface area contributed by atoms with Crippen LogP contribution in [-0.4, -0.2) is 41.4 Å². The zero-order valence-corrected chi connectivity index (χ0v) is 15.1. The van der Waals surface area contributed by atoms with E-state index in [4.69, 9.17) is 25.2 Å². The third-order valence-electron chi connectivity index (χ3n) is 5.71. The summed E-state index contributed by atoms with van der Waals surface area (Å²) in [5.41, 5.74) is 8.72. The van der Waals surface area contributed by atoms with E-state index >= 15 is 0 Å². The standard InChI is InChI=1S/C20H24N4O2/c1-13-12-25-11-10-24(13)18-16-6-7-20(8-9-20)26-19(16)23-17(22-18)14-2-4-15(21)5-3-14/h2-5,13H,6-12,21H2,1H3/t13-/m0/s1. The van der Waals surface area contributed by atoms with Gasteiger partial charge >= 0.3 is 0 Å². The van der Waals surface area contributed by atoms with Crippen molar-refractivity contribution in [2.45, 2.75) is 44.2 Å². The summed E-state index contributed by atoms with van der Waals surface area (Å²) in [6.07, 6.45) is 4.32. The molecule has 136 valence electrons. The van der Waals surface area contributed by atoms with E-state index in [1.165, 1.54) is 0 Å². The first-order valence-electron chi connectivity index (χ1n) is 9.44. The molecule has 1 spiro atoms. The van der Waals surface area contributed by atoms with Crippen molar-refractivity contribution in [2.75, 3.05) is 30.4 Å². The smallest absolute Gasteiger partial charge is 0.222 e. The summed E-state index contributed by atoms with van der Waals surface area (Å²) in [5, 5.41) is 0. The molecule has 0 unspecified atom stereocenters. The molecule has 1 aromatic heterocycles. The van der Waals surface area contributed by atoms with Gasteiger partial charge in [-0.2, -0.15) is 4.98 Å². The van der Waals surface area contributed by atoms with Gasteiger partial charge in [-0.15, -0.1) is 0 Å². The van der Waals surface area contributed by atoms with E-state index in [-0.39, 0.29) is 5.60 Å². The Bertz CT molecular complexity index is 832. The van der Waals surface area contributed by atoms with Crippen molar-refractivity contribution in [3.8, 4) is 17.3 Å². The lowest BCUT2D eigenvalue weighted by atomic mass is 10.0. The first kappa shape index (κ1) is 15.9. The monoisotopic (exact) mass is 352 g/mol. The quantitative estimate of drug-likeness (QED) is 0.838. The summed E-state index contributed by atoms with van der Waals surface area (Å²) in [5.74, 6) is 2.48. The van der Waals surface area contributed by atoms with Crippen molar-refractivity contribution in [3.63, 3.8) is 0 Å². The fourth-order valence-electron chi connectivity index (χ4n) is 3.90. The zero-order chi connectivity index (χ0) is 17.7. The van der Waals surface area contributed by atoms with E-state index in [0.717, 1.165) is 74.0 Å². The van der Waals surface area contributed by atoms with Crippen LogP contribution in [-0.2, 0) is 11.2 Å². The number of rotatable bonds is 2. The minimum absolute atomic E-state index is 0.0354. The molecule has 0 amide bonds. The second kappa shape index (κ2) is 5.84. The number of morpholine rings is 1. The van der Waals surface area contributed by atoms with Crippen LogP contribution >= 0.6 is 0 Å². The molecule has 0 radical (unpaired) electrons. The van der Waals surface area contributed by atoms with E-state index in [2.05, 4.69) is 11.8 Å². The Morgan fingerprint density at radius 1 is 1.15 bits per heavy atom. The lowest BCUT2D eigenvalue weighted by molar-refractivity contribution is 0.0978. The maximum absolute atomic E-state index is 6.35. The number of anilines is 2. The fourth-order valence-corrected chi connectivity index (χ4v) is 3.90. The molecular formula is C20H24N4O2. The van der Waals surface area contributed by atoms with Gasteiger partial charge in [0.1, 0.15) is 11.4 Å². The van der Waals surface area contributed by atoms with Crippen LogP contribution < -0.4 is 15.4 Å². The van der Waals surface area contributed by atoms with Crippen molar-refractivity contribution in [3.05, 3.63) is 29.8 Å². The SMILES string of the molecule is C[C@H]1COCCN1c1nc(-c2ccc(N)cc2)nc2c1CCC1(CC1)O2. The van der Waals surface area contributed by atoms with Crippen LogP contribution in [0.25, 0.3) is 11.4 Å². The highest BCUT2D eigenvalue weighted by molar-refractivity contribution is 5.64. The van der Waals surface area contributed by atoms with E-state index in [0.29, 0.717) is 11.9 Å². The summed E-state index contributed by atoms with van der Waals surface area (Å²) in [4.78, 5) is 12.1. The first-order valence-corrected chi connectivity index (χ1v) is 9.44. The summed E-state index contributed by atoms with van der Waals surface area (Å²) in [6, 6.07) is 8.01. The van der Waals surface area contributed by atoms with Gasteiger partial charge in [0.25, 0.3) is 0 Å². The Kier molecular flexibility index (Phi) is 3.57. The van der Waals surface area contributed by atoms with E-state index in [9.17, 15) is 0 Å². The maximum atomic E-state index is 6.35. The van der Waals surface area contributed by atoms with Gasteiger partial charge in [-0.25, -0.2) is 4.98 Å². The minimum atomic E-state index is 0.0354. The zero-order valence-electron chi connectivity index (χ0n) is 15.1. The van der Waals surface area contributed by atoms with Gasteiger partial charge in [0.15, 0.2) is 5.82 Å². The largest absolute Gasteiger partial charge is 0.471 e. The molecule has 3 aliphatic rings. The molecule has 1 saturated heterocycles. The summed E-state index contributed by atoms with van der Waals surface area (Å²) < 4.78 is 12.0. The van der Waals surface area contributed by atoms with Crippen LogP contribution in [0.15, 0.2) is 24.3 Å². The number of benzene rings is 1. The summed E-state index contributed by atoms with van der Waals surface area (Å²) in [7, 11) is 0. The number of nitrogens with zero attached hydrogens (tertiary/aromatic N) is 3.